The third kappa shape index (κ3) is 3.94. The van der Waals surface area contributed by atoms with Crippen LogP contribution in [-0.4, -0.2) is 51.4 Å². The van der Waals surface area contributed by atoms with Crippen LogP contribution in [0.3, 0.4) is 0 Å². The molecule has 156 valence electrons. The van der Waals surface area contributed by atoms with Crippen LogP contribution in [0, 0.1) is 0 Å². The smallest absolute Gasteiger partial charge is 0.410 e. The second-order valence-electron chi connectivity index (χ2n) is 9.05. The second-order valence-corrected chi connectivity index (χ2v) is 9.05. The van der Waals surface area contributed by atoms with Gasteiger partial charge >= 0.3 is 6.09 Å². The molecule has 2 fully saturated rings. The quantitative estimate of drug-likeness (QED) is 0.739. The van der Waals surface area contributed by atoms with E-state index in [1.807, 2.05) is 20.8 Å². The van der Waals surface area contributed by atoms with Gasteiger partial charge in [0.2, 0.25) is 0 Å². The normalized spacial score (nSPS) is 21.6. The van der Waals surface area contributed by atoms with Crippen molar-refractivity contribution in [2.45, 2.75) is 57.3 Å². The summed E-state index contributed by atoms with van der Waals surface area (Å²) in [7, 11) is 0. The minimum atomic E-state index is -0.505. The van der Waals surface area contributed by atoms with Crippen LogP contribution in [0.25, 0.3) is 10.9 Å². The van der Waals surface area contributed by atoms with Crippen LogP contribution in [0.5, 0.6) is 0 Å². The molecule has 1 spiro atoms. The average Bonchev–Trinajstić information content (AvgIpc) is 3.05. The molecule has 0 aliphatic carbocycles. The van der Waals surface area contributed by atoms with Crippen molar-refractivity contribution in [3.63, 3.8) is 0 Å². The van der Waals surface area contributed by atoms with Crippen LogP contribution in [0.2, 0.25) is 0 Å². The number of fused-ring (bicyclic) bond motifs is 1. The summed E-state index contributed by atoms with van der Waals surface area (Å²) in [4.78, 5) is 31.4. The summed E-state index contributed by atoms with van der Waals surface area (Å²) in [5.74, 6) is 0. The monoisotopic (exact) mass is 400 g/mol. The minimum absolute atomic E-state index is 0.0751. The van der Waals surface area contributed by atoms with Gasteiger partial charge in [-0.25, -0.2) is 9.78 Å². The van der Waals surface area contributed by atoms with E-state index in [2.05, 4.69) is 4.98 Å². The number of anilines is 1. The molecule has 0 bridgehead atoms. The molecule has 29 heavy (non-hydrogen) atoms. The number of rotatable bonds is 1. The van der Waals surface area contributed by atoms with Gasteiger partial charge in [0.15, 0.2) is 0 Å². The van der Waals surface area contributed by atoms with Gasteiger partial charge in [0.05, 0.1) is 35.5 Å². The van der Waals surface area contributed by atoms with Crippen molar-refractivity contribution in [2.75, 3.05) is 25.4 Å². The van der Waals surface area contributed by atoms with Crippen LogP contribution in [0.1, 0.15) is 46.1 Å². The Morgan fingerprint density at radius 1 is 1.31 bits per heavy atom. The number of aromatic nitrogens is 2. The van der Waals surface area contributed by atoms with Crippen molar-refractivity contribution >= 4 is 22.7 Å². The minimum Gasteiger partial charge on any atom is -0.444 e. The largest absolute Gasteiger partial charge is 0.444 e. The first kappa shape index (κ1) is 19.7. The van der Waals surface area contributed by atoms with Crippen molar-refractivity contribution in [1.29, 1.82) is 0 Å². The lowest BCUT2D eigenvalue weighted by Crippen LogP contribution is -2.48. The molecule has 2 aromatic rings. The van der Waals surface area contributed by atoms with E-state index in [9.17, 15) is 9.59 Å². The molecule has 0 saturated carbocycles. The molecule has 2 saturated heterocycles. The van der Waals surface area contributed by atoms with Crippen molar-refractivity contribution in [1.82, 2.24) is 14.5 Å². The number of ether oxygens (including phenoxy) is 2. The van der Waals surface area contributed by atoms with Crippen LogP contribution < -0.4 is 11.3 Å². The average molecular weight is 400 g/mol. The van der Waals surface area contributed by atoms with Gasteiger partial charge in [-0.15, -0.1) is 0 Å². The molecule has 1 aromatic heterocycles. The van der Waals surface area contributed by atoms with E-state index in [1.165, 1.54) is 0 Å². The summed E-state index contributed by atoms with van der Waals surface area (Å²) >= 11 is 0. The van der Waals surface area contributed by atoms with E-state index >= 15 is 0 Å². The summed E-state index contributed by atoms with van der Waals surface area (Å²) in [6.07, 6.45) is 3.50. The Morgan fingerprint density at radius 3 is 2.72 bits per heavy atom. The molecule has 1 aromatic carbocycles. The molecular weight excluding hydrogens is 372 g/mol. The van der Waals surface area contributed by atoms with Gasteiger partial charge in [0.1, 0.15) is 5.60 Å². The summed E-state index contributed by atoms with van der Waals surface area (Å²) in [6, 6.07) is 5.10. The first-order valence-corrected chi connectivity index (χ1v) is 10.0. The fourth-order valence-electron chi connectivity index (χ4n) is 4.18. The lowest BCUT2D eigenvalue weighted by molar-refractivity contribution is -0.0486. The zero-order chi connectivity index (χ0) is 20.8. The zero-order valence-electron chi connectivity index (χ0n) is 17.2. The molecule has 8 nitrogen and oxygen atoms in total. The lowest BCUT2D eigenvalue weighted by atomic mass is 9.87. The molecular formula is C21H28N4O4. The number of hydrogen-bond acceptors (Lipinski definition) is 6. The van der Waals surface area contributed by atoms with E-state index in [0.717, 1.165) is 19.3 Å². The number of carbonyl (C=O) groups excluding carboxylic acids is 1. The Balaban J connectivity index is 1.46. The third-order valence-electron chi connectivity index (χ3n) is 5.72. The maximum Gasteiger partial charge on any atom is 0.410 e. The van der Waals surface area contributed by atoms with E-state index < -0.39 is 5.60 Å². The molecule has 0 unspecified atom stereocenters. The first-order valence-electron chi connectivity index (χ1n) is 10.0. The van der Waals surface area contributed by atoms with Crippen molar-refractivity contribution < 1.29 is 14.3 Å². The maximum atomic E-state index is 13.0. The van der Waals surface area contributed by atoms with Crippen LogP contribution in [-0.2, 0) is 9.47 Å². The first-order chi connectivity index (χ1) is 13.7. The van der Waals surface area contributed by atoms with E-state index in [4.69, 9.17) is 15.2 Å². The summed E-state index contributed by atoms with van der Waals surface area (Å²) in [5, 5.41) is 0.521. The fraction of sp³-hybridized carbons (Fsp3) is 0.571. The Hall–Kier alpha value is -2.61. The lowest BCUT2D eigenvalue weighted by Gasteiger charge is -2.39. The number of likely N-dealkylation sites (tertiary alicyclic amines) is 1. The highest BCUT2D eigenvalue weighted by Gasteiger charge is 2.44. The molecule has 3 heterocycles. The van der Waals surface area contributed by atoms with Crippen molar-refractivity contribution in [2.24, 2.45) is 0 Å². The number of hydrogen-bond donors (Lipinski definition) is 1. The van der Waals surface area contributed by atoms with Crippen molar-refractivity contribution in [3.8, 4) is 0 Å². The van der Waals surface area contributed by atoms with E-state index in [-0.39, 0.29) is 23.3 Å². The van der Waals surface area contributed by atoms with E-state index in [0.29, 0.717) is 36.3 Å². The number of carbonyl (C=O) groups is 1. The van der Waals surface area contributed by atoms with Gasteiger partial charge in [-0.3, -0.25) is 9.36 Å². The highest BCUT2D eigenvalue weighted by Crippen LogP contribution is 2.40. The zero-order valence-corrected chi connectivity index (χ0v) is 17.2. The van der Waals surface area contributed by atoms with Gasteiger partial charge in [-0.05, 0) is 58.2 Å². The van der Waals surface area contributed by atoms with Gasteiger partial charge < -0.3 is 20.1 Å². The van der Waals surface area contributed by atoms with Gasteiger partial charge in [0, 0.05) is 18.8 Å². The van der Waals surface area contributed by atoms with Gasteiger partial charge in [0.25, 0.3) is 5.56 Å². The third-order valence-corrected chi connectivity index (χ3v) is 5.72. The Labute approximate surface area is 169 Å². The summed E-state index contributed by atoms with van der Waals surface area (Å²) < 4.78 is 13.3. The number of nitrogens with zero attached hydrogens (tertiary/aromatic N) is 3. The Morgan fingerprint density at radius 2 is 2.03 bits per heavy atom. The highest BCUT2D eigenvalue weighted by atomic mass is 16.6. The predicted molar refractivity (Wildman–Crippen MR) is 110 cm³/mol. The van der Waals surface area contributed by atoms with Gasteiger partial charge in [-0.1, -0.05) is 0 Å². The predicted octanol–water partition coefficient (Wildman–Crippen LogP) is 2.71. The van der Waals surface area contributed by atoms with Crippen LogP contribution >= 0.6 is 0 Å². The second kappa shape index (κ2) is 7.02. The van der Waals surface area contributed by atoms with Crippen LogP contribution in [0.15, 0.2) is 29.3 Å². The maximum absolute atomic E-state index is 13.0. The molecule has 0 radical (unpaired) electrons. The summed E-state index contributed by atoms with van der Waals surface area (Å²) in [6.45, 7) is 7.23. The molecule has 4 rings (SSSR count). The number of nitrogen functional groups attached to an aromatic ring is 1. The fourth-order valence-corrected chi connectivity index (χ4v) is 4.18. The molecule has 1 amide bonds. The summed E-state index contributed by atoms with van der Waals surface area (Å²) in [5.41, 5.74) is 6.11. The van der Waals surface area contributed by atoms with Crippen molar-refractivity contribution in [3.05, 3.63) is 34.9 Å². The Kier molecular flexibility index (Phi) is 4.77. The SMILES string of the molecule is CC(C)(C)OC(=O)N1CCC2(CC1)C[C@@H](n1cnc3ccc(N)cc3c1=O)CO2. The number of amides is 1. The molecule has 2 N–H and O–H groups in total. The number of piperidine rings is 1. The topological polar surface area (TPSA) is 99.7 Å². The highest BCUT2D eigenvalue weighted by molar-refractivity contribution is 5.80. The van der Waals surface area contributed by atoms with E-state index in [1.54, 1.807) is 34.0 Å². The Bertz CT molecular complexity index is 986. The standard InChI is InChI=1S/C21H28N4O4/c1-20(2,3)29-19(27)24-8-6-21(7-9-24)11-15(12-28-21)25-13-23-17-5-4-14(22)10-16(17)18(25)26/h4-5,10,13,15H,6-9,11-12,22H2,1-3H3/t15-/m1/s1. The van der Waals surface area contributed by atoms with Gasteiger partial charge in [-0.2, -0.15) is 0 Å². The molecule has 8 heteroatoms. The number of benzene rings is 1. The molecule has 2 aliphatic rings. The number of nitrogens with two attached hydrogens (primary N) is 1. The molecule has 2 aliphatic heterocycles. The molecule has 1 atom stereocenters. The van der Waals surface area contributed by atoms with Crippen LogP contribution in [0.4, 0.5) is 10.5 Å².